The van der Waals surface area contributed by atoms with Crippen LogP contribution in [-0.2, 0) is 4.79 Å². The van der Waals surface area contributed by atoms with Crippen LogP contribution in [0.5, 0.6) is 0 Å². The number of nitrogens with zero attached hydrogens (tertiary/aromatic N) is 2. The van der Waals surface area contributed by atoms with E-state index < -0.39 is 0 Å². The van der Waals surface area contributed by atoms with Crippen LogP contribution in [0.3, 0.4) is 0 Å². The lowest BCUT2D eigenvalue weighted by Gasteiger charge is -2.14. The molecule has 1 fully saturated rings. The minimum Gasteiger partial charge on any atom is -0.370 e. The first kappa shape index (κ1) is 11.8. The Morgan fingerprint density at radius 2 is 2.47 bits per heavy atom. The molecule has 1 aliphatic rings. The number of likely N-dealkylation sites (tertiary alicyclic amines) is 1. The zero-order valence-corrected chi connectivity index (χ0v) is 9.33. The maximum Gasteiger partial charge on any atom is 0.222 e. The minimum absolute atomic E-state index is 0.277. The fourth-order valence-electron chi connectivity index (χ4n) is 1.64. The first-order valence-corrected chi connectivity index (χ1v) is 5.55. The van der Waals surface area contributed by atoms with E-state index in [1.165, 1.54) is 0 Å². The standard InChI is InChI=1S/C10H20N4O/c1-2-12-10(11)13-6-4-8-14-7-3-5-9(14)15/h2-8H2,1H3,(H3,11,12,13). The van der Waals surface area contributed by atoms with Crippen LogP contribution in [-0.4, -0.2) is 42.9 Å². The van der Waals surface area contributed by atoms with Gasteiger partial charge in [0.1, 0.15) is 0 Å². The highest BCUT2D eigenvalue weighted by Crippen LogP contribution is 2.09. The summed E-state index contributed by atoms with van der Waals surface area (Å²) in [5, 5.41) is 2.93. The minimum atomic E-state index is 0.277. The number of carbonyl (C=O) groups excluding carboxylic acids is 1. The van der Waals surface area contributed by atoms with Gasteiger partial charge < -0.3 is 16.0 Å². The monoisotopic (exact) mass is 212 g/mol. The van der Waals surface area contributed by atoms with Gasteiger partial charge in [0, 0.05) is 32.6 Å². The number of rotatable bonds is 5. The quantitative estimate of drug-likeness (QED) is 0.380. The van der Waals surface area contributed by atoms with E-state index in [0.717, 1.165) is 32.5 Å². The summed E-state index contributed by atoms with van der Waals surface area (Å²) in [6, 6.07) is 0. The number of hydrogen-bond donors (Lipinski definition) is 2. The maximum atomic E-state index is 11.3. The van der Waals surface area contributed by atoms with Crippen molar-refractivity contribution in [3.05, 3.63) is 0 Å². The van der Waals surface area contributed by atoms with Crippen molar-refractivity contribution in [1.82, 2.24) is 10.2 Å². The van der Waals surface area contributed by atoms with Crippen LogP contribution < -0.4 is 11.1 Å². The van der Waals surface area contributed by atoms with Gasteiger partial charge in [0.2, 0.25) is 5.91 Å². The largest absolute Gasteiger partial charge is 0.370 e. The van der Waals surface area contributed by atoms with Crippen LogP contribution >= 0.6 is 0 Å². The predicted molar refractivity (Wildman–Crippen MR) is 60.6 cm³/mol. The Bertz CT molecular complexity index is 240. The lowest BCUT2D eigenvalue weighted by atomic mass is 10.4. The summed E-state index contributed by atoms with van der Waals surface area (Å²) in [6.45, 7) is 5.17. The molecule has 0 aliphatic carbocycles. The van der Waals surface area contributed by atoms with Crippen LogP contribution in [0.1, 0.15) is 26.2 Å². The van der Waals surface area contributed by atoms with E-state index in [4.69, 9.17) is 5.73 Å². The highest BCUT2D eigenvalue weighted by atomic mass is 16.2. The topological polar surface area (TPSA) is 70.7 Å². The van der Waals surface area contributed by atoms with Gasteiger partial charge in [-0.25, -0.2) is 0 Å². The maximum absolute atomic E-state index is 11.3. The van der Waals surface area contributed by atoms with E-state index in [1.54, 1.807) is 0 Å². The number of hydrogen-bond acceptors (Lipinski definition) is 2. The molecular formula is C10H20N4O. The van der Waals surface area contributed by atoms with Gasteiger partial charge in [-0.1, -0.05) is 0 Å². The van der Waals surface area contributed by atoms with E-state index >= 15 is 0 Å². The molecule has 1 saturated heterocycles. The first-order chi connectivity index (χ1) is 7.24. The van der Waals surface area contributed by atoms with Gasteiger partial charge in [-0.2, -0.15) is 0 Å². The third-order valence-corrected chi connectivity index (χ3v) is 2.40. The van der Waals surface area contributed by atoms with Crippen molar-refractivity contribution in [3.8, 4) is 0 Å². The zero-order valence-electron chi connectivity index (χ0n) is 9.33. The molecule has 1 amide bonds. The predicted octanol–water partition coefficient (Wildman–Crippen LogP) is -0.0769. The average molecular weight is 212 g/mol. The molecule has 0 atom stereocenters. The summed E-state index contributed by atoms with van der Waals surface area (Å²) in [7, 11) is 0. The Morgan fingerprint density at radius 1 is 1.67 bits per heavy atom. The summed E-state index contributed by atoms with van der Waals surface area (Å²) in [5.41, 5.74) is 5.56. The molecule has 86 valence electrons. The SMILES string of the molecule is CCNC(N)=NCCCN1CCCC1=O. The van der Waals surface area contributed by atoms with Crippen LogP contribution in [0.2, 0.25) is 0 Å². The second-order valence-electron chi connectivity index (χ2n) is 3.64. The van der Waals surface area contributed by atoms with Gasteiger partial charge >= 0.3 is 0 Å². The van der Waals surface area contributed by atoms with Crippen LogP contribution in [0.4, 0.5) is 0 Å². The highest BCUT2D eigenvalue weighted by Gasteiger charge is 2.18. The van der Waals surface area contributed by atoms with E-state index in [1.807, 2.05) is 11.8 Å². The van der Waals surface area contributed by atoms with Crippen molar-refractivity contribution in [3.63, 3.8) is 0 Å². The van der Waals surface area contributed by atoms with Gasteiger partial charge in [-0.05, 0) is 19.8 Å². The lowest BCUT2D eigenvalue weighted by molar-refractivity contribution is -0.127. The van der Waals surface area contributed by atoms with Gasteiger partial charge in [-0.15, -0.1) is 0 Å². The van der Waals surface area contributed by atoms with E-state index in [-0.39, 0.29) is 5.91 Å². The van der Waals surface area contributed by atoms with E-state index in [9.17, 15) is 4.79 Å². The summed E-state index contributed by atoms with van der Waals surface area (Å²) >= 11 is 0. The first-order valence-electron chi connectivity index (χ1n) is 5.55. The molecule has 0 spiro atoms. The molecule has 0 aromatic carbocycles. The summed E-state index contributed by atoms with van der Waals surface area (Å²) < 4.78 is 0. The van der Waals surface area contributed by atoms with Crippen molar-refractivity contribution < 1.29 is 4.79 Å². The van der Waals surface area contributed by atoms with Gasteiger partial charge in [0.15, 0.2) is 5.96 Å². The Balaban J connectivity index is 2.10. The molecule has 3 N–H and O–H groups in total. The lowest BCUT2D eigenvalue weighted by Crippen LogP contribution is -2.31. The molecule has 5 nitrogen and oxygen atoms in total. The number of guanidine groups is 1. The molecule has 1 heterocycles. The number of aliphatic imine (C=N–C) groups is 1. The van der Waals surface area contributed by atoms with Crippen molar-refractivity contribution in [2.24, 2.45) is 10.7 Å². The third kappa shape index (κ3) is 4.18. The molecule has 0 unspecified atom stereocenters. The normalized spacial score (nSPS) is 17.3. The van der Waals surface area contributed by atoms with Crippen molar-refractivity contribution in [2.75, 3.05) is 26.2 Å². The third-order valence-electron chi connectivity index (χ3n) is 2.40. The number of carbonyl (C=O) groups is 1. The van der Waals surface area contributed by atoms with Crippen LogP contribution in [0, 0.1) is 0 Å². The van der Waals surface area contributed by atoms with Gasteiger partial charge in [0.25, 0.3) is 0 Å². The molecular weight excluding hydrogens is 192 g/mol. The Hall–Kier alpha value is -1.26. The van der Waals surface area contributed by atoms with E-state index in [0.29, 0.717) is 18.9 Å². The molecule has 0 saturated carbocycles. The fourth-order valence-corrected chi connectivity index (χ4v) is 1.64. The second-order valence-corrected chi connectivity index (χ2v) is 3.64. The number of amides is 1. The Kier molecular flexibility index (Phi) is 4.93. The summed E-state index contributed by atoms with van der Waals surface area (Å²) in [4.78, 5) is 17.3. The fraction of sp³-hybridized carbons (Fsp3) is 0.800. The summed E-state index contributed by atoms with van der Waals surface area (Å²) in [5.74, 6) is 0.767. The van der Waals surface area contributed by atoms with E-state index in [2.05, 4.69) is 10.3 Å². The molecule has 1 rings (SSSR count). The number of nitrogens with one attached hydrogen (secondary N) is 1. The second kappa shape index (κ2) is 6.27. The summed E-state index contributed by atoms with van der Waals surface area (Å²) in [6.07, 6.45) is 2.60. The molecule has 0 aromatic rings. The number of nitrogens with two attached hydrogens (primary N) is 1. The van der Waals surface area contributed by atoms with Crippen molar-refractivity contribution in [1.29, 1.82) is 0 Å². The molecule has 0 bridgehead atoms. The zero-order chi connectivity index (χ0) is 11.1. The Labute approximate surface area is 90.7 Å². The molecule has 0 radical (unpaired) electrons. The van der Waals surface area contributed by atoms with Crippen molar-refractivity contribution in [2.45, 2.75) is 26.2 Å². The highest BCUT2D eigenvalue weighted by molar-refractivity contribution is 5.78. The van der Waals surface area contributed by atoms with Gasteiger partial charge in [-0.3, -0.25) is 9.79 Å². The molecule has 15 heavy (non-hydrogen) atoms. The van der Waals surface area contributed by atoms with Crippen LogP contribution in [0.15, 0.2) is 4.99 Å². The Morgan fingerprint density at radius 3 is 3.07 bits per heavy atom. The molecule has 5 heteroatoms. The smallest absolute Gasteiger partial charge is 0.222 e. The molecule has 0 aromatic heterocycles. The van der Waals surface area contributed by atoms with Crippen molar-refractivity contribution >= 4 is 11.9 Å². The van der Waals surface area contributed by atoms with Crippen LogP contribution in [0.25, 0.3) is 0 Å². The molecule has 1 aliphatic heterocycles. The van der Waals surface area contributed by atoms with Gasteiger partial charge in [0.05, 0.1) is 0 Å². The average Bonchev–Trinajstić information content (AvgIpc) is 2.60.